The van der Waals surface area contributed by atoms with E-state index in [1.807, 2.05) is 24.3 Å². The molecule has 2 aliphatic heterocycles. The monoisotopic (exact) mass is 672 g/mol. The Kier molecular flexibility index (Phi) is 8.10. The maximum absolute atomic E-state index is 14.6. The number of methoxy groups -OCH3 is 1. The molecular formula is C38H48N4O5S. The van der Waals surface area contributed by atoms with E-state index in [1.54, 1.807) is 13.2 Å². The lowest BCUT2D eigenvalue weighted by Crippen LogP contribution is -2.56. The summed E-state index contributed by atoms with van der Waals surface area (Å²) in [6, 6.07) is 14.4. The van der Waals surface area contributed by atoms with Gasteiger partial charge in [-0.05, 0) is 112 Å². The van der Waals surface area contributed by atoms with Gasteiger partial charge in [0.05, 0.1) is 23.5 Å². The second kappa shape index (κ2) is 12.2. The van der Waals surface area contributed by atoms with Gasteiger partial charge in [-0.15, -0.1) is 0 Å². The molecule has 48 heavy (non-hydrogen) atoms. The zero-order chi connectivity index (χ0) is 33.2. The van der Waals surface area contributed by atoms with Crippen LogP contribution < -0.4 is 9.46 Å². The number of rotatable bonds is 9. The van der Waals surface area contributed by atoms with Gasteiger partial charge < -0.3 is 19.1 Å². The Morgan fingerprint density at radius 3 is 2.19 bits per heavy atom. The molecule has 9 nitrogen and oxygen atoms in total. The van der Waals surface area contributed by atoms with E-state index in [-0.39, 0.29) is 18.0 Å². The van der Waals surface area contributed by atoms with E-state index in [1.165, 1.54) is 24.8 Å². The lowest BCUT2D eigenvalue weighted by Gasteiger charge is -2.41. The van der Waals surface area contributed by atoms with Crippen molar-refractivity contribution in [2.75, 3.05) is 27.2 Å². The summed E-state index contributed by atoms with van der Waals surface area (Å²) < 4.78 is 36.1. The highest BCUT2D eigenvalue weighted by Gasteiger charge is 2.56. The van der Waals surface area contributed by atoms with Gasteiger partial charge in [0.25, 0.3) is 5.91 Å². The number of ether oxygens (including phenoxy) is 1. The summed E-state index contributed by atoms with van der Waals surface area (Å²) in [4.78, 5) is 32.7. The predicted molar refractivity (Wildman–Crippen MR) is 187 cm³/mol. The molecule has 2 atom stereocenters. The van der Waals surface area contributed by atoms with E-state index >= 15 is 0 Å². The Morgan fingerprint density at radius 1 is 0.896 bits per heavy atom. The van der Waals surface area contributed by atoms with Gasteiger partial charge in [-0.3, -0.25) is 9.59 Å². The lowest BCUT2D eigenvalue weighted by molar-refractivity contribution is -0.143. The van der Waals surface area contributed by atoms with Crippen LogP contribution in [0.25, 0.3) is 22.2 Å². The van der Waals surface area contributed by atoms with E-state index in [0.29, 0.717) is 30.9 Å². The molecule has 1 aromatic heterocycles. The van der Waals surface area contributed by atoms with Gasteiger partial charge in [-0.2, -0.15) is 0 Å². The highest BCUT2D eigenvalue weighted by molar-refractivity contribution is 7.90. The summed E-state index contributed by atoms with van der Waals surface area (Å²) in [5.74, 6) is 0.836. The fourth-order valence-corrected chi connectivity index (χ4v) is 10.6. The Hall–Kier alpha value is -3.37. The predicted octanol–water partition coefficient (Wildman–Crippen LogP) is 6.06. The first-order valence-corrected chi connectivity index (χ1v) is 19.6. The molecule has 3 aromatic rings. The molecule has 3 aliphatic carbocycles. The molecule has 3 saturated carbocycles. The van der Waals surface area contributed by atoms with Crippen molar-refractivity contribution < 1.29 is 22.7 Å². The summed E-state index contributed by atoms with van der Waals surface area (Å²) in [5, 5.41) is 0.591. The number of nitrogens with zero attached hydrogens (tertiary/aromatic N) is 3. The standard InChI is InChI=1S/C38H48N4O5S/c1-40-22-28-14-15-29(23-40)42(28)37(44)38(19-20-38)24-41-33-21-27(36(43)39-48(45,46)31-9-6-10-31)13-18-32(33)34(25-7-4-3-5-8-25)35(41)26-11-16-30(47-2)17-12-26/h11-13,16-18,21,25,28-29,31H,3-10,14-15,19-20,22-24H2,1-2H3,(H,39,43). The highest BCUT2D eigenvalue weighted by Crippen LogP contribution is 2.53. The van der Waals surface area contributed by atoms with Crippen molar-refractivity contribution in [2.24, 2.45) is 5.41 Å². The summed E-state index contributed by atoms with van der Waals surface area (Å²) in [7, 11) is 0.103. The van der Waals surface area contributed by atoms with Gasteiger partial charge in [0.2, 0.25) is 15.9 Å². The maximum Gasteiger partial charge on any atom is 0.264 e. The third kappa shape index (κ3) is 5.53. The summed E-state index contributed by atoms with van der Waals surface area (Å²) in [6.07, 6.45) is 11.6. The molecule has 0 radical (unpaired) electrons. The Bertz CT molecular complexity index is 1820. The molecule has 0 spiro atoms. The SMILES string of the molecule is COc1ccc(-c2c(C3CCCCC3)c3ccc(C(=O)NS(=O)(=O)C4CCC4)cc3n2CC2(C(=O)N3C4CCC3CN(C)C4)CC2)cc1. The van der Waals surface area contributed by atoms with Crippen LogP contribution in [0, 0.1) is 5.41 Å². The largest absolute Gasteiger partial charge is 0.497 e. The molecule has 2 aromatic carbocycles. The molecule has 256 valence electrons. The molecule has 1 N–H and O–H groups in total. The Morgan fingerprint density at radius 2 is 1.58 bits per heavy atom. The van der Waals surface area contributed by atoms with Crippen molar-refractivity contribution in [2.45, 2.75) is 107 Å². The van der Waals surface area contributed by atoms with Gasteiger partial charge in [0.1, 0.15) is 5.75 Å². The summed E-state index contributed by atoms with van der Waals surface area (Å²) in [6.45, 7) is 2.39. The van der Waals surface area contributed by atoms with Gasteiger partial charge in [0.15, 0.2) is 0 Å². The van der Waals surface area contributed by atoms with Gasteiger partial charge in [-0.1, -0.05) is 31.7 Å². The second-order valence-electron chi connectivity index (χ2n) is 15.3. The molecule has 8 rings (SSSR count). The normalized spacial score (nSPS) is 24.4. The van der Waals surface area contributed by atoms with Crippen LogP contribution in [0.15, 0.2) is 42.5 Å². The minimum Gasteiger partial charge on any atom is -0.497 e. The maximum atomic E-state index is 14.6. The van der Waals surface area contributed by atoms with E-state index in [4.69, 9.17) is 4.74 Å². The first kappa shape index (κ1) is 31.9. The number of benzene rings is 2. The molecule has 5 aliphatic rings. The fourth-order valence-electron chi connectivity index (χ4n) is 9.11. The number of hydrogen-bond acceptors (Lipinski definition) is 6. The van der Waals surface area contributed by atoms with Crippen molar-refractivity contribution in [3.63, 3.8) is 0 Å². The van der Waals surface area contributed by atoms with Crippen molar-refractivity contribution in [3.05, 3.63) is 53.6 Å². The topological polar surface area (TPSA) is 101 Å². The average Bonchev–Trinajstić information content (AvgIpc) is 3.70. The molecule has 2 amide bonds. The van der Waals surface area contributed by atoms with Crippen LogP contribution in [0.3, 0.4) is 0 Å². The van der Waals surface area contributed by atoms with Crippen LogP contribution in [0.4, 0.5) is 0 Å². The number of carbonyl (C=O) groups excluding carboxylic acids is 2. The quantitative estimate of drug-likeness (QED) is 0.297. The number of hydrogen-bond donors (Lipinski definition) is 1. The number of nitrogens with one attached hydrogen (secondary N) is 1. The number of amides is 2. The van der Waals surface area contributed by atoms with E-state index in [0.717, 1.165) is 85.9 Å². The lowest BCUT2D eigenvalue weighted by atomic mass is 9.81. The first-order chi connectivity index (χ1) is 23.2. The molecular weight excluding hydrogens is 625 g/mol. The Labute approximate surface area is 284 Å². The number of likely N-dealkylation sites (tertiary alicyclic amines) is 1. The molecule has 5 fully saturated rings. The van der Waals surface area contributed by atoms with Crippen LogP contribution in [-0.4, -0.2) is 79.2 Å². The van der Waals surface area contributed by atoms with Crippen LogP contribution in [-0.2, 0) is 21.4 Å². The van der Waals surface area contributed by atoms with E-state index in [2.05, 4.69) is 38.3 Å². The van der Waals surface area contributed by atoms with E-state index < -0.39 is 26.6 Å². The smallest absolute Gasteiger partial charge is 0.264 e. The minimum absolute atomic E-state index is 0.270. The zero-order valence-corrected chi connectivity index (χ0v) is 29.1. The molecule has 10 heteroatoms. The number of carbonyl (C=O) groups is 2. The highest BCUT2D eigenvalue weighted by atomic mass is 32.2. The molecule has 3 heterocycles. The fraction of sp³-hybridized carbons (Fsp3) is 0.579. The number of sulfonamides is 1. The van der Waals surface area contributed by atoms with Crippen molar-refractivity contribution in [1.82, 2.24) is 19.1 Å². The van der Waals surface area contributed by atoms with Crippen molar-refractivity contribution >= 4 is 32.7 Å². The van der Waals surface area contributed by atoms with Crippen LogP contribution in [0.2, 0.25) is 0 Å². The van der Waals surface area contributed by atoms with Crippen LogP contribution in [0.5, 0.6) is 5.75 Å². The van der Waals surface area contributed by atoms with Crippen molar-refractivity contribution in [1.29, 1.82) is 0 Å². The summed E-state index contributed by atoms with van der Waals surface area (Å²) >= 11 is 0. The third-order valence-corrected chi connectivity index (χ3v) is 14.0. The second-order valence-corrected chi connectivity index (χ2v) is 17.2. The molecule has 2 saturated heterocycles. The van der Waals surface area contributed by atoms with E-state index in [9.17, 15) is 18.0 Å². The molecule has 2 unspecified atom stereocenters. The zero-order valence-electron chi connectivity index (χ0n) is 28.2. The average molecular weight is 673 g/mol. The van der Waals surface area contributed by atoms with Crippen molar-refractivity contribution in [3.8, 4) is 17.0 Å². The third-order valence-electron chi connectivity index (χ3n) is 12.1. The number of aromatic nitrogens is 1. The number of likely N-dealkylation sites (N-methyl/N-ethyl adjacent to an activating group) is 1. The van der Waals surface area contributed by atoms with Crippen LogP contribution in [0.1, 0.15) is 98.9 Å². The Balaban J connectivity index is 1.25. The van der Waals surface area contributed by atoms with Gasteiger partial charge >= 0.3 is 0 Å². The minimum atomic E-state index is -3.73. The van der Waals surface area contributed by atoms with Crippen LogP contribution >= 0.6 is 0 Å². The van der Waals surface area contributed by atoms with Gasteiger partial charge in [-0.25, -0.2) is 13.1 Å². The van der Waals surface area contributed by atoms with Gasteiger partial charge in [0, 0.05) is 48.2 Å². The summed E-state index contributed by atoms with van der Waals surface area (Å²) in [5.41, 5.74) is 4.20. The number of fused-ring (bicyclic) bond motifs is 3. The molecule has 2 bridgehead atoms. The number of piperazine rings is 1. The first-order valence-electron chi connectivity index (χ1n) is 18.1.